The molecule has 0 aliphatic carbocycles. The minimum Gasteiger partial charge on any atom is -0.398 e. The number of carbonyl (C=O) groups is 1. The number of nitrogens with one attached hydrogen (secondary N) is 1. The van der Waals surface area contributed by atoms with Crippen molar-refractivity contribution in [3.8, 4) is 0 Å². The van der Waals surface area contributed by atoms with Crippen LogP contribution in [-0.4, -0.2) is 15.9 Å². The molecule has 0 bridgehead atoms. The number of nitrogens with two attached hydrogens (primary N) is 2. The molecule has 3 rings (SSSR count). The molecular formula is C12H12N4OS. The topological polar surface area (TPSA) is 97.8 Å². The van der Waals surface area contributed by atoms with Crippen molar-refractivity contribution in [3.05, 3.63) is 46.6 Å². The van der Waals surface area contributed by atoms with Crippen LogP contribution in [0, 0.1) is 0 Å². The number of primary amides is 1. The molecule has 5 N–H and O–H groups in total. The number of H-pyrrole nitrogens is 1. The molecule has 3 heterocycles. The van der Waals surface area contributed by atoms with E-state index in [4.69, 9.17) is 11.5 Å². The number of fused-ring (bicyclic) bond motifs is 1. The Kier molecular flexibility index (Phi) is 2.38. The Bertz CT molecular complexity index is 701. The van der Waals surface area contributed by atoms with E-state index in [-0.39, 0.29) is 0 Å². The van der Waals surface area contributed by atoms with Crippen LogP contribution in [0.5, 0.6) is 0 Å². The van der Waals surface area contributed by atoms with Crippen LogP contribution in [0.3, 0.4) is 0 Å². The Hall–Kier alpha value is -2.21. The van der Waals surface area contributed by atoms with Crippen molar-refractivity contribution in [1.29, 1.82) is 0 Å². The lowest BCUT2D eigenvalue weighted by atomic mass is 10.3. The van der Waals surface area contributed by atoms with E-state index < -0.39 is 16.8 Å². The molecule has 0 saturated carbocycles. The van der Waals surface area contributed by atoms with E-state index in [0.29, 0.717) is 11.4 Å². The molecule has 0 saturated heterocycles. The highest BCUT2D eigenvalue weighted by Crippen LogP contribution is 2.47. The zero-order valence-corrected chi connectivity index (χ0v) is 10.3. The molecule has 1 atom stereocenters. The monoisotopic (exact) mass is 260 g/mol. The van der Waals surface area contributed by atoms with Gasteiger partial charge in [-0.1, -0.05) is 0 Å². The maximum atomic E-state index is 11.5. The van der Waals surface area contributed by atoms with E-state index in [9.17, 15) is 4.79 Å². The second-order valence-corrected chi connectivity index (χ2v) is 5.78. The van der Waals surface area contributed by atoms with Crippen molar-refractivity contribution in [1.82, 2.24) is 9.97 Å². The van der Waals surface area contributed by atoms with Crippen LogP contribution in [-0.2, 0) is 0 Å². The van der Waals surface area contributed by atoms with Gasteiger partial charge in [-0.3, -0.25) is 9.78 Å². The summed E-state index contributed by atoms with van der Waals surface area (Å²) in [6.07, 6.45) is 3.55. The standard InChI is InChI=1S/C12H12N4OS/c13-7-3-5-18(6-7)11-9-8(2-1-4-15-9)16-10(11)12(14)17/h1-6,16,18H,13H2,(H2,14,17). The Morgan fingerprint density at radius 1 is 1.44 bits per heavy atom. The second-order valence-electron chi connectivity index (χ2n) is 3.96. The number of hydrogen-bond acceptors (Lipinski definition) is 3. The molecule has 0 aromatic carbocycles. The van der Waals surface area contributed by atoms with Crippen LogP contribution in [0.1, 0.15) is 10.5 Å². The third-order valence-electron chi connectivity index (χ3n) is 2.75. The van der Waals surface area contributed by atoms with Gasteiger partial charge in [0.15, 0.2) is 0 Å². The average Bonchev–Trinajstić information content (AvgIpc) is 2.92. The molecule has 5 nitrogen and oxygen atoms in total. The molecule has 1 unspecified atom stereocenters. The molecule has 0 radical (unpaired) electrons. The predicted octanol–water partition coefficient (Wildman–Crippen LogP) is 1.35. The maximum Gasteiger partial charge on any atom is 0.266 e. The van der Waals surface area contributed by atoms with Gasteiger partial charge in [-0.2, -0.15) is 10.9 Å². The molecule has 2 aromatic heterocycles. The third-order valence-corrected chi connectivity index (χ3v) is 4.75. The Labute approximate surface area is 106 Å². The van der Waals surface area contributed by atoms with Gasteiger partial charge >= 0.3 is 0 Å². The van der Waals surface area contributed by atoms with Gasteiger partial charge < -0.3 is 16.5 Å². The van der Waals surface area contributed by atoms with Crippen molar-refractivity contribution in [3.63, 3.8) is 0 Å². The number of carbonyl (C=O) groups excluding carboxylic acids is 1. The van der Waals surface area contributed by atoms with Crippen LogP contribution in [0.4, 0.5) is 0 Å². The fourth-order valence-electron chi connectivity index (χ4n) is 1.99. The van der Waals surface area contributed by atoms with Gasteiger partial charge in [-0.05, 0) is 29.0 Å². The number of allylic oxidation sites excluding steroid dienone is 1. The third kappa shape index (κ3) is 1.58. The zero-order valence-electron chi connectivity index (χ0n) is 9.42. The van der Waals surface area contributed by atoms with Gasteiger partial charge in [0.25, 0.3) is 5.91 Å². The van der Waals surface area contributed by atoms with Gasteiger partial charge in [0.05, 0.1) is 10.4 Å². The number of amides is 1. The highest BCUT2D eigenvalue weighted by molar-refractivity contribution is 8.22. The van der Waals surface area contributed by atoms with E-state index in [0.717, 1.165) is 15.9 Å². The fourth-order valence-corrected chi connectivity index (χ4v) is 3.94. The molecule has 2 aromatic rings. The summed E-state index contributed by atoms with van der Waals surface area (Å²) in [5.74, 6) is -0.474. The molecule has 1 amide bonds. The SMILES string of the molecule is NC(=O)c1[nH]c2cccnc2c1[SH]1C=CC(N)=C1. The van der Waals surface area contributed by atoms with Crippen LogP contribution >= 0.6 is 10.9 Å². The van der Waals surface area contributed by atoms with Crippen molar-refractivity contribution in [2.75, 3.05) is 0 Å². The van der Waals surface area contributed by atoms with Gasteiger partial charge in [-0.15, -0.1) is 0 Å². The molecule has 0 fully saturated rings. The first kappa shape index (κ1) is 10.9. The molecule has 1 aliphatic heterocycles. The molecule has 92 valence electrons. The van der Waals surface area contributed by atoms with Gasteiger partial charge in [0.1, 0.15) is 11.2 Å². The summed E-state index contributed by atoms with van der Waals surface area (Å²) in [5.41, 5.74) is 13.9. The first-order valence-electron chi connectivity index (χ1n) is 5.37. The van der Waals surface area contributed by atoms with Crippen molar-refractivity contribution in [2.45, 2.75) is 4.90 Å². The van der Waals surface area contributed by atoms with Crippen LogP contribution in [0.15, 0.2) is 45.8 Å². The number of rotatable bonds is 2. The largest absolute Gasteiger partial charge is 0.398 e. The average molecular weight is 260 g/mol. The summed E-state index contributed by atoms with van der Waals surface area (Å²) in [5, 5.41) is 3.94. The van der Waals surface area contributed by atoms with Crippen molar-refractivity contribution >= 4 is 27.8 Å². The lowest BCUT2D eigenvalue weighted by Crippen LogP contribution is -2.12. The highest BCUT2D eigenvalue weighted by atomic mass is 32.2. The predicted molar refractivity (Wildman–Crippen MR) is 73.3 cm³/mol. The quantitative estimate of drug-likeness (QED) is 0.613. The number of aromatic amines is 1. The van der Waals surface area contributed by atoms with Crippen molar-refractivity contribution in [2.24, 2.45) is 11.5 Å². The lowest BCUT2D eigenvalue weighted by Gasteiger charge is -2.09. The molecule has 18 heavy (non-hydrogen) atoms. The summed E-state index contributed by atoms with van der Waals surface area (Å²) in [7, 11) is -0.758. The lowest BCUT2D eigenvalue weighted by molar-refractivity contribution is 0.0993. The van der Waals surface area contributed by atoms with E-state index >= 15 is 0 Å². The summed E-state index contributed by atoms with van der Waals surface area (Å²) < 4.78 is 0. The van der Waals surface area contributed by atoms with Gasteiger partial charge in [-0.25, -0.2) is 0 Å². The Morgan fingerprint density at radius 2 is 2.28 bits per heavy atom. The smallest absolute Gasteiger partial charge is 0.266 e. The fraction of sp³-hybridized carbons (Fsp3) is 0. The Balaban J connectivity index is 2.28. The summed E-state index contributed by atoms with van der Waals surface area (Å²) in [6, 6.07) is 3.69. The van der Waals surface area contributed by atoms with E-state index in [1.54, 1.807) is 6.20 Å². The van der Waals surface area contributed by atoms with Crippen LogP contribution in [0.25, 0.3) is 11.0 Å². The van der Waals surface area contributed by atoms with E-state index in [2.05, 4.69) is 9.97 Å². The summed E-state index contributed by atoms with van der Waals surface area (Å²) in [4.78, 5) is 19.7. The van der Waals surface area contributed by atoms with Gasteiger partial charge in [0, 0.05) is 11.9 Å². The number of hydrogen-bond donors (Lipinski definition) is 4. The second kappa shape index (κ2) is 3.92. The van der Waals surface area contributed by atoms with Crippen molar-refractivity contribution < 1.29 is 4.79 Å². The first-order valence-corrected chi connectivity index (χ1v) is 6.85. The Morgan fingerprint density at radius 3 is 2.94 bits per heavy atom. The van der Waals surface area contributed by atoms with E-state index in [1.807, 2.05) is 29.0 Å². The normalized spacial score (nSPS) is 20.2. The molecule has 1 aliphatic rings. The molecule has 0 spiro atoms. The molecule has 6 heteroatoms. The van der Waals surface area contributed by atoms with E-state index in [1.165, 1.54) is 0 Å². The first-order chi connectivity index (χ1) is 8.66. The van der Waals surface area contributed by atoms with Crippen LogP contribution in [0.2, 0.25) is 0 Å². The van der Waals surface area contributed by atoms with Gasteiger partial charge in [0.2, 0.25) is 0 Å². The molecular weight excluding hydrogens is 248 g/mol. The summed E-state index contributed by atoms with van der Waals surface area (Å²) in [6.45, 7) is 0. The summed E-state index contributed by atoms with van der Waals surface area (Å²) >= 11 is 0. The maximum absolute atomic E-state index is 11.5. The minimum atomic E-state index is -0.758. The number of pyridine rings is 1. The zero-order chi connectivity index (χ0) is 12.7. The number of thiol groups is 1. The minimum absolute atomic E-state index is 0.422. The highest BCUT2D eigenvalue weighted by Gasteiger charge is 2.21. The van der Waals surface area contributed by atoms with Crippen LogP contribution < -0.4 is 11.5 Å². The number of aromatic nitrogens is 2. The number of nitrogens with zero attached hydrogens (tertiary/aromatic N) is 1.